The van der Waals surface area contributed by atoms with Crippen molar-refractivity contribution in [2.45, 2.75) is 26.2 Å². The number of hydrogen-bond donors (Lipinski definition) is 2. The number of aromatic nitrogens is 2. The Balaban J connectivity index is 1.43. The van der Waals surface area contributed by atoms with E-state index in [2.05, 4.69) is 46.5 Å². The number of rotatable bonds is 6. The van der Waals surface area contributed by atoms with Gasteiger partial charge in [-0.05, 0) is 31.0 Å². The average Bonchev–Trinajstić information content (AvgIpc) is 2.97. The first kappa shape index (κ1) is 15.3. The van der Waals surface area contributed by atoms with Gasteiger partial charge in [0.1, 0.15) is 5.82 Å². The van der Waals surface area contributed by atoms with Crippen molar-refractivity contribution in [3.8, 4) is 0 Å². The highest BCUT2D eigenvalue weighted by Crippen LogP contribution is 2.10. The Bertz CT molecular complexity index is 757. The molecule has 0 saturated carbocycles. The van der Waals surface area contributed by atoms with Crippen molar-refractivity contribution in [2.24, 2.45) is 0 Å². The van der Waals surface area contributed by atoms with E-state index in [-0.39, 0.29) is 5.91 Å². The lowest BCUT2D eigenvalue weighted by Gasteiger charge is -2.04. The topological polar surface area (TPSA) is 57.8 Å². The highest BCUT2D eigenvalue weighted by atomic mass is 16.1. The molecule has 0 aliphatic carbocycles. The fourth-order valence-corrected chi connectivity index (χ4v) is 2.55. The first-order valence-corrected chi connectivity index (χ1v) is 7.96. The van der Waals surface area contributed by atoms with Crippen LogP contribution in [0.5, 0.6) is 0 Å². The molecule has 3 aromatic rings. The van der Waals surface area contributed by atoms with Gasteiger partial charge in [0.2, 0.25) is 5.91 Å². The van der Waals surface area contributed by atoms with Crippen LogP contribution >= 0.6 is 0 Å². The molecule has 1 aromatic heterocycles. The Kier molecular flexibility index (Phi) is 4.71. The summed E-state index contributed by atoms with van der Waals surface area (Å²) in [6.07, 6.45) is 2.00. The molecule has 0 unspecified atom stereocenters. The maximum Gasteiger partial charge on any atom is 0.220 e. The molecule has 0 saturated heterocycles. The molecule has 2 aromatic carbocycles. The maximum absolute atomic E-state index is 11.9. The lowest BCUT2D eigenvalue weighted by atomic mass is 10.1. The van der Waals surface area contributed by atoms with Gasteiger partial charge in [0, 0.05) is 19.4 Å². The van der Waals surface area contributed by atoms with Gasteiger partial charge in [-0.25, -0.2) is 4.98 Å². The van der Waals surface area contributed by atoms with Crippen molar-refractivity contribution in [3.05, 3.63) is 65.5 Å². The molecule has 4 heteroatoms. The molecule has 4 nitrogen and oxygen atoms in total. The van der Waals surface area contributed by atoms with Crippen LogP contribution in [0.25, 0.3) is 11.0 Å². The fourth-order valence-electron chi connectivity index (χ4n) is 2.55. The highest BCUT2D eigenvalue weighted by molar-refractivity contribution is 5.76. The normalized spacial score (nSPS) is 10.8. The van der Waals surface area contributed by atoms with Gasteiger partial charge < -0.3 is 10.3 Å². The Hall–Kier alpha value is -2.62. The number of H-pyrrole nitrogens is 1. The zero-order chi connectivity index (χ0) is 16.1. The third kappa shape index (κ3) is 4.19. The van der Waals surface area contributed by atoms with Crippen molar-refractivity contribution >= 4 is 16.9 Å². The van der Waals surface area contributed by atoms with Crippen LogP contribution in [0.15, 0.2) is 48.5 Å². The summed E-state index contributed by atoms with van der Waals surface area (Å²) in [4.78, 5) is 19.7. The van der Waals surface area contributed by atoms with Gasteiger partial charge >= 0.3 is 0 Å². The third-order valence-corrected chi connectivity index (χ3v) is 3.88. The van der Waals surface area contributed by atoms with Crippen molar-refractivity contribution in [2.75, 3.05) is 6.54 Å². The van der Waals surface area contributed by atoms with E-state index in [4.69, 9.17) is 0 Å². The molecule has 0 aliphatic rings. The molecule has 0 atom stereocenters. The minimum Gasteiger partial charge on any atom is -0.356 e. The zero-order valence-corrected chi connectivity index (χ0v) is 13.3. The van der Waals surface area contributed by atoms with Gasteiger partial charge in [-0.2, -0.15) is 0 Å². The molecule has 2 N–H and O–H groups in total. The van der Waals surface area contributed by atoms with E-state index in [9.17, 15) is 4.79 Å². The largest absolute Gasteiger partial charge is 0.356 e. The zero-order valence-electron chi connectivity index (χ0n) is 13.3. The number of nitrogens with one attached hydrogen (secondary N) is 2. The van der Waals surface area contributed by atoms with Crippen LogP contribution in [-0.2, 0) is 17.6 Å². The number of amides is 1. The molecule has 23 heavy (non-hydrogen) atoms. The molecule has 1 amide bonds. The van der Waals surface area contributed by atoms with Crippen LogP contribution < -0.4 is 5.32 Å². The van der Waals surface area contributed by atoms with Gasteiger partial charge in [-0.3, -0.25) is 4.79 Å². The summed E-state index contributed by atoms with van der Waals surface area (Å²) in [6, 6.07) is 16.3. The second-order valence-electron chi connectivity index (χ2n) is 5.79. The van der Waals surface area contributed by atoms with E-state index < -0.39 is 0 Å². The third-order valence-electron chi connectivity index (χ3n) is 3.88. The molecule has 0 spiro atoms. The number of aromatic amines is 1. The van der Waals surface area contributed by atoms with Crippen molar-refractivity contribution in [1.82, 2.24) is 15.3 Å². The molecule has 1 heterocycles. The number of hydrogen-bond acceptors (Lipinski definition) is 2. The van der Waals surface area contributed by atoms with Gasteiger partial charge in [-0.1, -0.05) is 42.0 Å². The van der Waals surface area contributed by atoms with E-state index in [1.165, 1.54) is 11.1 Å². The van der Waals surface area contributed by atoms with Crippen LogP contribution in [0.1, 0.15) is 23.4 Å². The molecule has 0 radical (unpaired) electrons. The van der Waals surface area contributed by atoms with E-state index >= 15 is 0 Å². The van der Waals surface area contributed by atoms with Crippen molar-refractivity contribution < 1.29 is 4.79 Å². The molecular weight excluding hydrogens is 286 g/mol. The number of imidazole rings is 1. The Morgan fingerprint density at radius 3 is 2.65 bits per heavy atom. The SMILES string of the molecule is Cc1ccc(CCC(=O)NCCc2nc3ccccc3[nH]2)cc1. The van der Waals surface area contributed by atoms with Crippen LogP contribution in [0.2, 0.25) is 0 Å². The van der Waals surface area contributed by atoms with Gasteiger partial charge in [0.15, 0.2) is 0 Å². The van der Waals surface area contributed by atoms with Crippen molar-refractivity contribution in [3.63, 3.8) is 0 Å². The number of carbonyl (C=O) groups excluding carboxylic acids is 1. The van der Waals surface area contributed by atoms with Gasteiger partial charge in [0.25, 0.3) is 0 Å². The van der Waals surface area contributed by atoms with Crippen LogP contribution in [0.3, 0.4) is 0 Å². The standard InChI is InChI=1S/C19H21N3O/c1-14-6-8-15(9-7-14)10-11-19(23)20-13-12-18-21-16-4-2-3-5-17(16)22-18/h2-9H,10-13H2,1H3,(H,20,23)(H,21,22). The Labute approximate surface area is 136 Å². The number of carbonyl (C=O) groups is 1. The predicted molar refractivity (Wildman–Crippen MR) is 92.3 cm³/mol. The lowest BCUT2D eigenvalue weighted by Crippen LogP contribution is -2.26. The first-order chi connectivity index (χ1) is 11.2. The van der Waals surface area contributed by atoms with E-state index in [1.807, 2.05) is 24.3 Å². The number of para-hydroxylation sites is 2. The molecule has 118 valence electrons. The van der Waals surface area contributed by atoms with Crippen LogP contribution in [0, 0.1) is 6.92 Å². The fraction of sp³-hybridized carbons (Fsp3) is 0.263. The minimum absolute atomic E-state index is 0.0849. The van der Waals surface area contributed by atoms with E-state index in [1.54, 1.807) is 0 Å². The van der Waals surface area contributed by atoms with E-state index in [0.717, 1.165) is 23.3 Å². The summed E-state index contributed by atoms with van der Waals surface area (Å²) in [7, 11) is 0. The summed E-state index contributed by atoms with van der Waals surface area (Å²) in [5.74, 6) is 0.992. The average molecular weight is 307 g/mol. The summed E-state index contributed by atoms with van der Waals surface area (Å²) >= 11 is 0. The quantitative estimate of drug-likeness (QED) is 0.735. The number of fused-ring (bicyclic) bond motifs is 1. The second kappa shape index (κ2) is 7.09. The van der Waals surface area contributed by atoms with Crippen molar-refractivity contribution in [1.29, 1.82) is 0 Å². The summed E-state index contributed by atoms with van der Waals surface area (Å²) in [6.45, 7) is 2.67. The van der Waals surface area contributed by atoms with E-state index in [0.29, 0.717) is 19.4 Å². The molecule has 0 bridgehead atoms. The summed E-state index contributed by atoms with van der Waals surface area (Å²) in [5, 5.41) is 2.96. The number of benzene rings is 2. The summed E-state index contributed by atoms with van der Waals surface area (Å²) in [5.41, 5.74) is 4.44. The van der Waals surface area contributed by atoms with Gasteiger partial charge in [-0.15, -0.1) is 0 Å². The molecular formula is C19H21N3O. The molecule has 0 fully saturated rings. The number of nitrogens with zero attached hydrogens (tertiary/aromatic N) is 1. The summed E-state index contributed by atoms with van der Waals surface area (Å²) < 4.78 is 0. The molecule has 0 aliphatic heterocycles. The first-order valence-electron chi connectivity index (χ1n) is 7.96. The second-order valence-corrected chi connectivity index (χ2v) is 5.79. The lowest BCUT2D eigenvalue weighted by molar-refractivity contribution is -0.121. The monoisotopic (exact) mass is 307 g/mol. The smallest absolute Gasteiger partial charge is 0.220 e. The maximum atomic E-state index is 11.9. The minimum atomic E-state index is 0.0849. The van der Waals surface area contributed by atoms with Crippen LogP contribution in [0.4, 0.5) is 0 Å². The van der Waals surface area contributed by atoms with Crippen LogP contribution in [-0.4, -0.2) is 22.4 Å². The predicted octanol–water partition coefficient (Wildman–Crippen LogP) is 3.16. The highest BCUT2D eigenvalue weighted by Gasteiger charge is 2.04. The number of aryl methyl sites for hydroxylation is 2. The molecule has 3 rings (SSSR count). The van der Waals surface area contributed by atoms with Gasteiger partial charge in [0.05, 0.1) is 11.0 Å². The Morgan fingerprint density at radius 1 is 1.09 bits per heavy atom. The Morgan fingerprint density at radius 2 is 1.87 bits per heavy atom.